The Morgan fingerprint density at radius 1 is 1.06 bits per heavy atom. The number of aliphatic hydroxyl groups excluding tert-OH is 3. The second-order valence-electron chi connectivity index (χ2n) is 10.9. The molecule has 1 saturated carbocycles. The lowest BCUT2D eigenvalue weighted by Gasteiger charge is -2.28. The third-order valence-corrected chi connectivity index (χ3v) is 6.76. The first-order valence-corrected chi connectivity index (χ1v) is 12.7. The molecule has 0 radical (unpaired) electrons. The number of nitrogens with one attached hydrogen (secondary N) is 1. The molecular formula is C26H43NO8. The molecular weight excluding hydrogens is 454 g/mol. The van der Waals surface area contributed by atoms with Gasteiger partial charge in [0.05, 0.1) is 12.5 Å². The standard InChI is InChI=1S/C26H43NO8/c1-26(2,3)13-12-19(28)21(30)22(31)23(34-4)20(29)14-17-10-11-18(15-27-24(17)32)35-25(33)16-8-6-5-7-9-16/h12-13,16-19,21-23,28,30-31H,5-11,14-15H2,1-4H3,(H,27,32)/b13-12+/t17-,18?,19-,21+,22-,23+/m1/s1. The monoisotopic (exact) mass is 497 g/mol. The summed E-state index contributed by atoms with van der Waals surface area (Å²) in [4.78, 5) is 37.9. The largest absolute Gasteiger partial charge is 0.460 e. The molecule has 9 heteroatoms. The van der Waals surface area contributed by atoms with Crippen LogP contribution in [0.15, 0.2) is 12.2 Å². The smallest absolute Gasteiger partial charge is 0.309 e. The zero-order valence-corrected chi connectivity index (χ0v) is 21.4. The van der Waals surface area contributed by atoms with E-state index in [2.05, 4.69) is 5.32 Å². The summed E-state index contributed by atoms with van der Waals surface area (Å²) >= 11 is 0. The summed E-state index contributed by atoms with van der Waals surface area (Å²) in [5.74, 6) is -1.84. The number of allylic oxidation sites excluding steroid dienone is 1. The maximum Gasteiger partial charge on any atom is 0.309 e. The van der Waals surface area contributed by atoms with E-state index in [1.807, 2.05) is 20.8 Å². The number of hydrogen-bond donors (Lipinski definition) is 4. The van der Waals surface area contributed by atoms with Crippen LogP contribution in [-0.2, 0) is 23.9 Å². The molecule has 0 aromatic rings. The predicted molar refractivity (Wildman–Crippen MR) is 129 cm³/mol. The average Bonchev–Trinajstić information content (AvgIpc) is 2.98. The number of carbonyl (C=O) groups excluding carboxylic acids is 3. The van der Waals surface area contributed by atoms with Gasteiger partial charge in [-0.2, -0.15) is 0 Å². The van der Waals surface area contributed by atoms with E-state index in [0.717, 1.165) is 32.1 Å². The van der Waals surface area contributed by atoms with Crippen molar-refractivity contribution in [1.82, 2.24) is 5.32 Å². The number of ether oxygens (including phenoxy) is 2. The highest BCUT2D eigenvalue weighted by atomic mass is 16.5. The van der Waals surface area contributed by atoms with Gasteiger partial charge in [-0.1, -0.05) is 52.2 Å². The van der Waals surface area contributed by atoms with Gasteiger partial charge >= 0.3 is 5.97 Å². The zero-order chi connectivity index (χ0) is 26.2. The molecule has 9 nitrogen and oxygen atoms in total. The quantitative estimate of drug-likeness (QED) is 0.264. The third kappa shape index (κ3) is 9.29. The Kier molecular flexibility index (Phi) is 11.3. The Morgan fingerprint density at radius 2 is 1.71 bits per heavy atom. The highest BCUT2D eigenvalue weighted by molar-refractivity contribution is 5.89. The van der Waals surface area contributed by atoms with Crippen molar-refractivity contribution in [1.29, 1.82) is 0 Å². The number of methoxy groups -OCH3 is 1. The van der Waals surface area contributed by atoms with Crippen molar-refractivity contribution in [3.8, 4) is 0 Å². The Morgan fingerprint density at radius 3 is 2.31 bits per heavy atom. The lowest BCUT2D eigenvalue weighted by atomic mass is 9.89. The molecule has 2 aliphatic rings. The average molecular weight is 498 g/mol. The number of rotatable bonds is 10. The van der Waals surface area contributed by atoms with Crippen LogP contribution in [0.5, 0.6) is 0 Å². The molecule has 1 saturated heterocycles. The molecule has 1 heterocycles. The topological polar surface area (TPSA) is 142 Å². The summed E-state index contributed by atoms with van der Waals surface area (Å²) in [7, 11) is 1.23. The molecule has 1 aliphatic carbocycles. The van der Waals surface area contributed by atoms with Crippen LogP contribution in [0.25, 0.3) is 0 Å². The summed E-state index contributed by atoms with van der Waals surface area (Å²) in [5.41, 5.74) is -0.239. The van der Waals surface area contributed by atoms with Gasteiger partial charge in [0.1, 0.15) is 30.5 Å². The minimum atomic E-state index is -1.68. The Hall–Kier alpha value is -1.81. The van der Waals surface area contributed by atoms with E-state index in [4.69, 9.17) is 9.47 Å². The van der Waals surface area contributed by atoms with Crippen LogP contribution >= 0.6 is 0 Å². The van der Waals surface area contributed by atoms with E-state index in [-0.39, 0.29) is 36.2 Å². The first-order valence-electron chi connectivity index (χ1n) is 12.7. The molecule has 0 aromatic carbocycles. The zero-order valence-electron chi connectivity index (χ0n) is 21.4. The van der Waals surface area contributed by atoms with Gasteiger partial charge < -0.3 is 30.1 Å². The second kappa shape index (κ2) is 13.5. The number of hydrogen-bond acceptors (Lipinski definition) is 8. The van der Waals surface area contributed by atoms with Gasteiger partial charge in [-0.15, -0.1) is 0 Å². The van der Waals surface area contributed by atoms with E-state index in [1.165, 1.54) is 13.2 Å². The molecule has 1 aliphatic heterocycles. The first kappa shape index (κ1) is 29.4. The van der Waals surface area contributed by atoms with Gasteiger partial charge in [-0.3, -0.25) is 14.4 Å². The molecule has 2 rings (SSSR count). The maximum absolute atomic E-state index is 12.9. The second-order valence-corrected chi connectivity index (χ2v) is 10.9. The summed E-state index contributed by atoms with van der Waals surface area (Å²) in [6, 6.07) is 0. The predicted octanol–water partition coefficient (Wildman–Crippen LogP) is 1.66. The number of ketones is 1. The number of esters is 1. The molecule has 2 fully saturated rings. The van der Waals surface area contributed by atoms with Crippen molar-refractivity contribution >= 4 is 17.7 Å². The number of amides is 1. The highest BCUT2D eigenvalue weighted by Gasteiger charge is 2.38. The van der Waals surface area contributed by atoms with Crippen LogP contribution in [0.4, 0.5) is 0 Å². The molecule has 0 aromatic heterocycles. The maximum atomic E-state index is 12.9. The lowest BCUT2D eigenvalue weighted by molar-refractivity contribution is -0.155. The molecule has 200 valence electrons. The minimum Gasteiger partial charge on any atom is -0.460 e. The minimum absolute atomic E-state index is 0.0796. The summed E-state index contributed by atoms with van der Waals surface area (Å²) < 4.78 is 10.8. The number of Topliss-reactive ketones (excluding diaryl/α,β-unsaturated/α-hetero) is 1. The van der Waals surface area contributed by atoms with Crippen LogP contribution in [-0.4, -0.2) is 77.2 Å². The van der Waals surface area contributed by atoms with E-state index in [0.29, 0.717) is 12.8 Å². The Balaban J connectivity index is 1.92. The van der Waals surface area contributed by atoms with Crippen molar-refractivity contribution < 1.29 is 39.2 Å². The van der Waals surface area contributed by atoms with Crippen LogP contribution in [0.1, 0.15) is 72.1 Å². The van der Waals surface area contributed by atoms with Crippen LogP contribution in [0, 0.1) is 17.3 Å². The van der Waals surface area contributed by atoms with Crippen molar-refractivity contribution in [3.05, 3.63) is 12.2 Å². The fourth-order valence-corrected chi connectivity index (χ4v) is 4.58. The molecule has 0 spiro atoms. The third-order valence-electron chi connectivity index (χ3n) is 6.76. The Bertz CT molecular complexity index is 740. The number of aliphatic hydroxyl groups is 3. The van der Waals surface area contributed by atoms with Gasteiger partial charge in [0.25, 0.3) is 0 Å². The fourth-order valence-electron chi connectivity index (χ4n) is 4.58. The first-order chi connectivity index (χ1) is 16.4. The van der Waals surface area contributed by atoms with E-state index in [1.54, 1.807) is 6.08 Å². The summed E-state index contributed by atoms with van der Waals surface area (Å²) in [5, 5.41) is 33.8. The molecule has 35 heavy (non-hydrogen) atoms. The molecule has 6 atom stereocenters. The summed E-state index contributed by atoms with van der Waals surface area (Å²) in [6.45, 7) is 5.95. The summed E-state index contributed by atoms with van der Waals surface area (Å²) in [6.07, 6.45) is 1.95. The molecule has 1 amide bonds. The van der Waals surface area contributed by atoms with E-state index >= 15 is 0 Å². The molecule has 0 bridgehead atoms. The fraction of sp³-hybridized carbons (Fsp3) is 0.808. The van der Waals surface area contributed by atoms with Crippen molar-refractivity contribution in [2.75, 3.05) is 13.7 Å². The Labute approximate surface area is 208 Å². The van der Waals surface area contributed by atoms with Crippen LogP contribution in [0.3, 0.4) is 0 Å². The van der Waals surface area contributed by atoms with Gasteiger partial charge in [-0.05, 0) is 31.1 Å². The highest BCUT2D eigenvalue weighted by Crippen LogP contribution is 2.27. The van der Waals surface area contributed by atoms with Gasteiger partial charge in [0, 0.05) is 19.4 Å². The van der Waals surface area contributed by atoms with Crippen molar-refractivity contribution in [3.63, 3.8) is 0 Å². The van der Waals surface area contributed by atoms with Gasteiger partial charge in [0.2, 0.25) is 5.91 Å². The molecule has 1 unspecified atom stereocenters. The SMILES string of the molecule is CO[C@@H](C(=O)C[C@H]1CCC(OC(=O)C2CCCCC2)CNC1=O)[C@H](O)[C@@H](O)[C@H](O)/C=C/C(C)(C)C. The van der Waals surface area contributed by atoms with E-state index < -0.39 is 42.2 Å². The van der Waals surface area contributed by atoms with Gasteiger partial charge in [-0.25, -0.2) is 0 Å². The van der Waals surface area contributed by atoms with Crippen molar-refractivity contribution in [2.24, 2.45) is 17.3 Å². The van der Waals surface area contributed by atoms with Crippen LogP contribution < -0.4 is 5.32 Å². The van der Waals surface area contributed by atoms with Gasteiger partial charge in [0.15, 0.2) is 5.78 Å². The van der Waals surface area contributed by atoms with Crippen molar-refractivity contribution in [2.45, 2.75) is 103 Å². The lowest BCUT2D eigenvalue weighted by Crippen LogP contribution is -2.48. The van der Waals surface area contributed by atoms with E-state index in [9.17, 15) is 29.7 Å². The van der Waals surface area contributed by atoms with Crippen LogP contribution in [0.2, 0.25) is 0 Å². The number of carbonyl (C=O) groups is 3. The molecule has 4 N–H and O–H groups in total. The normalized spacial score (nSPS) is 25.9.